The minimum Gasteiger partial charge on any atom is -0.366 e. The van der Waals surface area contributed by atoms with E-state index >= 15 is 0 Å². The van der Waals surface area contributed by atoms with Gasteiger partial charge in [0, 0.05) is 38.0 Å². The number of aryl methyl sites for hydroxylation is 2. The average Bonchev–Trinajstić information content (AvgIpc) is 3.06. The number of amides is 1. The average molecular weight is 398 g/mol. The maximum atomic E-state index is 12.9. The maximum absolute atomic E-state index is 12.9. The fourth-order valence-corrected chi connectivity index (χ4v) is 4.25. The lowest BCUT2D eigenvalue weighted by Gasteiger charge is -2.17. The molecule has 2 aromatic carbocycles. The van der Waals surface area contributed by atoms with Gasteiger partial charge in [0.25, 0.3) is 0 Å². The molecule has 28 heavy (non-hydrogen) atoms. The normalized spacial score (nSPS) is 11.7. The minimum atomic E-state index is -3.63. The number of benzene rings is 2. The van der Waals surface area contributed by atoms with E-state index in [9.17, 15) is 13.2 Å². The molecule has 2 N–H and O–H groups in total. The van der Waals surface area contributed by atoms with Crippen molar-refractivity contribution in [3.8, 4) is 11.1 Å². The molecule has 0 spiro atoms. The molecule has 3 rings (SSSR count). The predicted molar refractivity (Wildman–Crippen MR) is 107 cm³/mol. The molecular formula is C20H22N4O3S. The van der Waals surface area contributed by atoms with Crippen molar-refractivity contribution < 1.29 is 13.2 Å². The van der Waals surface area contributed by atoms with Crippen molar-refractivity contribution in [1.82, 2.24) is 14.1 Å². The molecule has 3 aromatic rings. The van der Waals surface area contributed by atoms with Crippen LogP contribution in [0.25, 0.3) is 11.1 Å². The van der Waals surface area contributed by atoms with Crippen molar-refractivity contribution >= 4 is 15.9 Å². The Bertz CT molecular complexity index is 1120. The van der Waals surface area contributed by atoms with Crippen molar-refractivity contribution in [2.45, 2.75) is 18.4 Å². The second kappa shape index (κ2) is 7.57. The standard InChI is InChI=1S/C20H22N4O3S/c1-14-10-18(28(26,27)24(3)13-15-11-22-23(2)12-15)8-9-19(14)16-4-6-17(7-5-16)20(21)25/h4-12H,13H2,1-3H3,(H2,21,25). The molecule has 0 aliphatic rings. The van der Waals surface area contributed by atoms with E-state index in [4.69, 9.17) is 5.73 Å². The van der Waals surface area contributed by atoms with Crippen LogP contribution < -0.4 is 5.73 Å². The molecule has 0 saturated carbocycles. The summed E-state index contributed by atoms with van der Waals surface area (Å²) in [5, 5.41) is 4.07. The van der Waals surface area contributed by atoms with Gasteiger partial charge in [-0.2, -0.15) is 9.40 Å². The summed E-state index contributed by atoms with van der Waals surface area (Å²) in [6.45, 7) is 2.10. The summed E-state index contributed by atoms with van der Waals surface area (Å²) in [5.74, 6) is -0.485. The number of hydrogen-bond acceptors (Lipinski definition) is 4. The van der Waals surface area contributed by atoms with E-state index in [1.165, 1.54) is 4.31 Å². The summed E-state index contributed by atoms with van der Waals surface area (Å²) in [7, 11) is -0.295. The molecule has 1 aromatic heterocycles. The van der Waals surface area contributed by atoms with Crippen molar-refractivity contribution in [3.63, 3.8) is 0 Å². The van der Waals surface area contributed by atoms with Gasteiger partial charge in [-0.3, -0.25) is 9.48 Å². The maximum Gasteiger partial charge on any atom is 0.248 e. The molecule has 0 atom stereocenters. The third-order valence-electron chi connectivity index (χ3n) is 4.55. The summed E-state index contributed by atoms with van der Waals surface area (Å²) in [4.78, 5) is 11.4. The smallest absolute Gasteiger partial charge is 0.248 e. The third kappa shape index (κ3) is 3.97. The second-order valence-corrected chi connectivity index (χ2v) is 8.75. The highest BCUT2D eigenvalue weighted by molar-refractivity contribution is 7.89. The van der Waals surface area contributed by atoms with Crippen LogP contribution in [-0.4, -0.2) is 35.5 Å². The number of carbonyl (C=O) groups excluding carboxylic acids is 1. The lowest BCUT2D eigenvalue weighted by Crippen LogP contribution is -2.26. The van der Waals surface area contributed by atoms with Crippen LogP contribution in [0.2, 0.25) is 0 Å². The Balaban J connectivity index is 1.87. The number of carbonyl (C=O) groups is 1. The number of rotatable bonds is 6. The van der Waals surface area contributed by atoms with Gasteiger partial charge in [-0.1, -0.05) is 18.2 Å². The van der Waals surface area contributed by atoms with Gasteiger partial charge in [-0.25, -0.2) is 8.42 Å². The van der Waals surface area contributed by atoms with E-state index in [1.807, 2.05) is 6.92 Å². The molecule has 1 heterocycles. The highest BCUT2D eigenvalue weighted by Crippen LogP contribution is 2.27. The number of sulfonamides is 1. The lowest BCUT2D eigenvalue weighted by atomic mass is 9.99. The molecule has 8 heteroatoms. The molecule has 0 fully saturated rings. The van der Waals surface area contributed by atoms with Gasteiger partial charge in [0.2, 0.25) is 15.9 Å². The van der Waals surface area contributed by atoms with Crippen LogP contribution in [0.4, 0.5) is 0 Å². The fourth-order valence-electron chi connectivity index (χ4n) is 3.01. The lowest BCUT2D eigenvalue weighted by molar-refractivity contribution is 0.100. The minimum absolute atomic E-state index is 0.230. The SMILES string of the molecule is Cc1cc(S(=O)(=O)N(C)Cc2cnn(C)c2)ccc1-c1ccc(C(N)=O)cc1. The van der Waals surface area contributed by atoms with Gasteiger partial charge in [0.15, 0.2) is 0 Å². The van der Waals surface area contributed by atoms with Gasteiger partial charge in [0.1, 0.15) is 0 Å². The van der Waals surface area contributed by atoms with Crippen LogP contribution >= 0.6 is 0 Å². The fraction of sp³-hybridized carbons (Fsp3) is 0.200. The van der Waals surface area contributed by atoms with Gasteiger partial charge < -0.3 is 5.73 Å². The van der Waals surface area contributed by atoms with E-state index in [0.29, 0.717) is 5.56 Å². The summed E-state index contributed by atoms with van der Waals surface area (Å²) in [5.41, 5.74) is 9.11. The largest absolute Gasteiger partial charge is 0.366 e. The highest BCUT2D eigenvalue weighted by atomic mass is 32.2. The van der Waals surface area contributed by atoms with E-state index < -0.39 is 15.9 Å². The number of primary amides is 1. The Morgan fingerprint density at radius 3 is 2.39 bits per heavy atom. The molecule has 0 aliphatic heterocycles. The summed E-state index contributed by atoms with van der Waals surface area (Å²) in [6, 6.07) is 11.9. The first-order chi connectivity index (χ1) is 13.2. The van der Waals surface area contributed by atoms with Crippen LogP contribution in [-0.2, 0) is 23.6 Å². The van der Waals surface area contributed by atoms with Crippen molar-refractivity contribution in [2.24, 2.45) is 12.8 Å². The van der Waals surface area contributed by atoms with E-state index in [-0.39, 0.29) is 11.4 Å². The van der Waals surface area contributed by atoms with Crippen LogP contribution in [0, 0.1) is 6.92 Å². The van der Waals surface area contributed by atoms with Crippen LogP contribution in [0.15, 0.2) is 59.8 Å². The zero-order valence-electron chi connectivity index (χ0n) is 16.0. The van der Waals surface area contributed by atoms with Crippen LogP contribution in [0.5, 0.6) is 0 Å². The van der Waals surface area contributed by atoms with E-state index in [1.54, 1.807) is 73.6 Å². The van der Waals surface area contributed by atoms with Crippen molar-refractivity contribution in [2.75, 3.05) is 7.05 Å². The Hall–Kier alpha value is -2.97. The summed E-state index contributed by atoms with van der Waals surface area (Å²) in [6.07, 6.45) is 3.44. The number of hydrogen-bond donors (Lipinski definition) is 1. The zero-order chi connectivity index (χ0) is 20.5. The topological polar surface area (TPSA) is 98.3 Å². The molecule has 146 valence electrons. The van der Waals surface area contributed by atoms with Crippen LogP contribution in [0.1, 0.15) is 21.5 Å². The molecular weight excluding hydrogens is 376 g/mol. The molecule has 0 bridgehead atoms. The first kappa shape index (κ1) is 19.8. The van der Waals surface area contributed by atoms with E-state index in [0.717, 1.165) is 22.3 Å². The Kier molecular flexibility index (Phi) is 5.35. The second-order valence-electron chi connectivity index (χ2n) is 6.70. The molecule has 0 saturated heterocycles. The van der Waals surface area contributed by atoms with Crippen molar-refractivity contribution in [3.05, 3.63) is 71.5 Å². The first-order valence-electron chi connectivity index (χ1n) is 8.63. The van der Waals surface area contributed by atoms with Crippen molar-refractivity contribution in [1.29, 1.82) is 0 Å². The molecule has 0 aliphatic carbocycles. The number of aromatic nitrogens is 2. The summed E-state index contributed by atoms with van der Waals surface area (Å²) >= 11 is 0. The third-order valence-corrected chi connectivity index (χ3v) is 6.35. The van der Waals surface area contributed by atoms with Gasteiger partial charge in [0.05, 0.1) is 11.1 Å². The Morgan fingerprint density at radius 2 is 1.86 bits per heavy atom. The molecule has 0 unspecified atom stereocenters. The predicted octanol–water partition coefficient (Wildman–Crippen LogP) is 2.32. The Labute approximate surface area is 164 Å². The molecule has 0 radical (unpaired) electrons. The monoisotopic (exact) mass is 398 g/mol. The van der Waals surface area contributed by atoms with Gasteiger partial charge in [-0.05, 0) is 47.9 Å². The zero-order valence-corrected chi connectivity index (χ0v) is 16.8. The van der Waals surface area contributed by atoms with Gasteiger partial charge >= 0.3 is 0 Å². The Morgan fingerprint density at radius 1 is 1.18 bits per heavy atom. The highest BCUT2D eigenvalue weighted by Gasteiger charge is 2.22. The molecule has 7 nitrogen and oxygen atoms in total. The van der Waals surface area contributed by atoms with E-state index in [2.05, 4.69) is 5.10 Å². The summed E-state index contributed by atoms with van der Waals surface area (Å²) < 4.78 is 28.8. The first-order valence-corrected chi connectivity index (χ1v) is 10.1. The number of nitrogens with zero attached hydrogens (tertiary/aromatic N) is 3. The number of nitrogens with two attached hydrogens (primary N) is 1. The van der Waals surface area contributed by atoms with Crippen LogP contribution in [0.3, 0.4) is 0 Å². The quantitative estimate of drug-likeness (QED) is 0.689. The van der Waals surface area contributed by atoms with Gasteiger partial charge in [-0.15, -0.1) is 0 Å². The molecule has 1 amide bonds.